The molecule has 3 nitrogen and oxygen atoms in total. The highest BCUT2D eigenvalue weighted by molar-refractivity contribution is 5.81. The molecule has 0 amide bonds. The molecule has 0 heterocycles. The van der Waals surface area contributed by atoms with Gasteiger partial charge >= 0.3 is 0 Å². The second-order valence-electron chi connectivity index (χ2n) is 2.41. The fourth-order valence-corrected chi connectivity index (χ4v) is 0.614. The van der Waals surface area contributed by atoms with Crippen molar-refractivity contribution in [1.82, 2.24) is 4.90 Å². The standard InChI is InChI=1S/C7H15NO2/c1-4-10-6-7(9)5-8(2)3/h4-6H2,1-3H3. The lowest BCUT2D eigenvalue weighted by molar-refractivity contribution is -0.124. The normalized spacial score (nSPS) is 10.4. The van der Waals surface area contributed by atoms with Crippen molar-refractivity contribution >= 4 is 5.78 Å². The number of hydrogen-bond acceptors (Lipinski definition) is 3. The molecule has 0 spiro atoms. The molecule has 60 valence electrons. The molecular formula is C7H15NO2. The van der Waals surface area contributed by atoms with Gasteiger partial charge in [0, 0.05) is 6.61 Å². The van der Waals surface area contributed by atoms with Gasteiger partial charge in [0.15, 0.2) is 5.78 Å². The quantitative estimate of drug-likeness (QED) is 0.551. The van der Waals surface area contributed by atoms with Gasteiger partial charge in [0.25, 0.3) is 0 Å². The SMILES string of the molecule is CCOCC(=O)CN(C)C. The Bertz CT molecular complexity index is 102. The van der Waals surface area contributed by atoms with Crippen LogP contribution >= 0.6 is 0 Å². The third-order valence-electron chi connectivity index (χ3n) is 0.960. The van der Waals surface area contributed by atoms with Crippen molar-refractivity contribution in [3.63, 3.8) is 0 Å². The Hall–Kier alpha value is -0.410. The first-order chi connectivity index (χ1) is 4.66. The Morgan fingerprint density at radius 1 is 1.50 bits per heavy atom. The summed E-state index contributed by atoms with van der Waals surface area (Å²) >= 11 is 0. The average Bonchev–Trinajstić information content (AvgIpc) is 1.82. The minimum absolute atomic E-state index is 0.131. The molecule has 0 saturated carbocycles. The molecule has 0 unspecified atom stereocenters. The van der Waals surface area contributed by atoms with Crippen LogP contribution in [-0.2, 0) is 9.53 Å². The summed E-state index contributed by atoms with van der Waals surface area (Å²) in [6.07, 6.45) is 0. The number of Topliss-reactive ketones (excluding diaryl/α,β-unsaturated/α-hetero) is 1. The summed E-state index contributed by atoms with van der Waals surface area (Å²) in [6, 6.07) is 0. The number of ketones is 1. The summed E-state index contributed by atoms with van der Waals surface area (Å²) in [5.74, 6) is 0.131. The maximum Gasteiger partial charge on any atom is 0.172 e. The fourth-order valence-electron chi connectivity index (χ4n) is 0.614. The van der Waals surface area contributed by atoms with Gasteiger partial charge in [-0.05, 0) is 21.0 Å². The van der Waals surface area contributed by atoms with Crippen molar-refractivity contribution in [3.05, 3.63) is 0 Å². The van der Waals surface area contributed by atoms with Crippen LogP contribution in [0.2, 0.25) is 0 Å². The molecule has 0 saturated heterocycles. The molecule has 0 aromatic rings. The molecule has 3 heteroatoms. The minimum Gasteiger partial charge on any atom is -0.374 e. The van der Waals surface area contributed by atoms with E-state index in [2.05, 4.69) is 0 Å². The number of hydrogen-bond donors (Lipinski definition) is 0. The molecule has 0 fully saturated rings. The van der Waals surface area contributed by atoms with Crippen LogP contribution in [0.25, 0.3) is 0 Å². The lowest BCUT2D eigenvalue weighted by Gasteiger charge is -2.07. The number of ether oxygens (including phenoxy) is 1. The molecule has 0 aromatic heterocycles. The average molecular weight is 145 g/mol. The monoisotopic (exact) mass is 145 g/mol. The number of likely N-dealkylation sites (N-methyl/N-ethyl adjacent to an activating group) is 1. The molecule has 0 atom stereocenters. The second kappa shape index (κ2) is 5.38. The summed E-state index contributed by atoms with van der Waals surface area (Å²) in [4.78, 5) is 12.7. The van der Waals surface area contributed by atoms with Crippen molar-refractivity contribution in [2.75, 3.05) is 33.9 Å². The van der Waals surface area contributed by atoms with E-state index in [1.165, 1.54) is 0 Å². The van der Waals surface area contributed by atoms with E-state index in [1.54, 1.807) is 0 Å². The third-order valence-corrected chi connectivity index (χ3v) is 0.960. The van der Waals surface area contributed by atoms with E-state index in [9.17, 15) is 4.79 Å². The van der Waals surface area contributed by atoms with Crippen LogP contribution in [0.3, 0.4) is 0 Å². The molecule has 0 radical (unpaired) electrons. The van der Waals surface area contributed by atoms with Gasteiger partial charge in [-0.3, -0.25) is 4.79 Å². The van der Waals surface area contributed by atoms with Gasteiger partial charge in [-0.15, -0.1) is 0 Å². The Morgan fingerprint density at radius 2 is 2.10 bits per heavy atom. The summed E-state index contributed by atoms with van der Waals surface area (Å²) in [5.41, 5.74) is 0. The molecular weight excluding hydrogens is 130 g/mol. The van der Waals surface area contributed by atoms with E-state index in [0.29, 0.717) is 13.2 Å². The van der Waals surface area contributed by atoms with Crippen LogP contribution in [0.15, 0.2) is 0 Å². The zero-order valence-corrected chi connectivity index (χ0v) is 6.89. The van der Waals surface area contributed by atoms with Crippen LogP contribution in [0.5, 0.6) is 0 Å². The molecule has 0 aliphatic rings. The number of nitrogens with zero attached hydrogens (tertiary/aromatic N) is 1. The van der Waals surface area contributed by atoms with Gasteiger partial charge in [-0.25, -0.2) is 0 Å². The van der Waals surface area contributed by atoms with Crippen molar-refractivity contribution in [2.24, 2.45) is 0 Å². The molecule has 0 aliphatic heterocycles. The lowest BCUT2D eigenvalue weighted by Crippen LogP contribution is -2.24. The number of carbonyl (C=O) groups excluding carboxylic acids is 1. The topological polar surface area (TPSA) is 29.5 Å². The molecule has 0 rings (SSSR count). The van der Waals surface area contributed by atoms with Crippen molar-refractivity contribution < 1.29 is 9.53 Å². The largest absolute Gasteiger partial charge is 0.374 e. The van der Waals surface area contributed by atoms with Gasteiger partial charge < -0.3 is 9.64 Å². The van der Waals surface area contributed by atoms with Gasteiger partial charge in [-0.1, -0.05) is 0 Å². The highest BCUT2D eigenvalue weighted by Gasteiger charge is 2.01. The van der Waals surface area contributed by atoms with Crippen LogP contribution in [0, 0.1) is 0 Å². The van der Waals surface area contributed by atoms with Gasteiger partial charge in [0.1, 0.15) is 6.61 Å². The van der Waals surface area contributed by atoms with Gasteiger partial charge in [-0.2, -0.15) is 0 Å². The molecule has 10 heavy (non-hydrogen) atoms. The first kappa shape index (κ1) is 9.59. The number of carbonyl (C=O) groups is 1. The predicted octanol–water partition coefficient (Wildman–Crippen LogP) is 0.154. The van der Waals surface area contributed by atoms with E-state index in [4.69, 9.17) is 4.74 Å². The highest BCUT2D eigenvalue weighted by atomic mass is 16.5. The zero-order chi connectivity index (χ0) is 7.98. The molecule has 0 N–H and O–H groups in total. The van der Waals surface area contributed by atoms with Crippen LogP contribution in [-0.4, -0.2) is 44.5 Å². The molecule has 0 aliphatic carbocycles. The Kier molecular flexibility index (Phi) is 5.16. The van der Waals surface area contributed by atoms with Crippen molar-refractivity contribution in [3.8, 4) is 0 Å². The third kappa shape index (κ3) is 5.72. The highest BCUT2D eigenvalue weighted by Crippen LogP contribution is 1.80. The van der Waals surface area contributed by atoms with Crippen LogP contribution < -0.4 is 0 Å². The van der Waals surface area contributed by atoms with E-state index in [-0.39, 0.29) is 12.4 Å². The Morgan fingerprint density at radius 3 is 2.50 bits per heavy atom. The van der Waals surface area contributed by atoms with E-state index < -0.39 is 0 Å². The first-order valence-electron chi connectivity index (χ1n) is 3.41. The summed E-state index contributed by atoms with van der Waals surface area (Å²) in [7, 11) is 3.73. The summed E-state index contributed by atoms with van der Waals surface area (Å²) in [5, 5.41) is 0. The van der Waals surface area contributed by atoms with Gasteiger partial charge in [0.2, 0.25) is 0 Å². The molecule has 0 bridgehead atoms. The maximum absolute atomic E-state index is 10.8. The van der Waals surface area contributed by atoms with Crippen LogP contribution in [0.4, 0.5) is 0 Å². The Balaban J connectivity index is 3.26. The van der Waals surface area contributed by atoms with E-state index in [0.717, 1.165) is 0 Å². The second-order valence-corrected chi connectivity index (χ2v) is 2.41. The smallest absolute Gasteiger partial charge is 0.172 e. The zero-order valence-electron chi connectivity index (χ0n) is 6.89. The van der Waals surface area contributed by atoms with E-state index in [1.807, 2.05) is 25.9 Å². The summed E-state index contributed by atoms with van der Waals surface area (Å²) in [6.45, 7) is 3.21. The Labute approximate surface area is 62.0 Å². The van der Waals surface area contributed by atoms with Crippen LogP contribution in [0.1, 0.15) is 6.92 Å². The fraction of sp³-hybridized carbons (Fsp3) is 0.857. The predicted molar refractivity (Wildman–Crippen MR) is 40.1 cm³/mol. The van der Waals surface area contributed by atoms with Crippen molar-refractivity contribution in [1.29, 1.82) is 0 Å². The van der Waals surface area contributed by atoms with E-state index >= 15 is 0 Å². The lowest BCUT2D eigenvalue weighted by atomic mass is 10.4. The summed E-state index contributed by atoms with van der Waals surface area (Å²) < 4.78 is 4.92. The van der Waals surface area contributed by atoms with Crippen molar-refractivity contribution in [2.45, 2.75) is 6.92 Å². The molecule has 0 aromatic carbocycles. The first-order valence-corrected chi connectivity index (χ1v) is 3.41. The number of rotatable bonds is 5. The van der Waals surface area contributed by atoms with Gasteiger partial charge in [0.05, 0.1) is 6.54 Å². The minimum atomic E-state index is 0.131. The maximum atomic E-state index is 10.8.